The number of aliphatic hydroxyl groups excluding tert-OH is 1. The number of benzene rings is 2. The summed E-state index contributed by atoms with van der Waals surface area (Å²) >= 11 is 0. The first kappa shape index (κ1) is 15.5. The Kier molecular flexibility index (Phi) is 4.60. The van der Waals surface area contributed by atoms with Crippen LogP contribution in [0.25, 0.3) is 0 Å². The molecule has 0 bridgehead atoms. The van der Waals surface area contributed by atoms with E-state index in [1.165, 1.54) is 0 Å². The van der Waals surface area contributed by atoms with Gasteiger partial charge in [-0.2, -0.15) is 0 Å². The molecule has 1 aliphatic heterocycles. The van der Waals surface area contributed by atoms with Crippen LogP contribution in [0.15, 0.2) is 42.5 Å². The lowest BCUT2D eigenvalue weighted by molar-refractivity contribution is -0.139. The van der Waals surface area contributed by atoms with Crippen molar-refractivity contribution in [2.75, 3.05) is 0 Å². The zero-order valence-electron chi connectivity index (χ0n) is 12.7. The van der Waals surface area contributed by atoms with Gasteiger partial charge in [0.25, 0.3) is 0 Å². The van der Waals surface area contributed by atoms with Crippen molar-refractivity contribution >= 4 is 5.97 Å². The van der Waals surface area contributed by atoms with Crippen LogP contribution in [0, 0.1) is 0 Å². The topological polar surface area (TPSA) is 78.8 Å². The molecular weight excluding hydrogens is 294 g/mol. The van der Waals surface area contributed by atoms with Crippen LogP contribution in [0.2, 0.25) is 0 Å². The van der Waals surface area contributed by atoms with E-state index in [4.69, 9.17) is 4.74 Å². The summed E-state index contributed by atoms with van der Waals surface area (Å²) < 4.78 is 5.96. The zero-order valence-corrected chi connectivity index (χ0v) is 12.7. The Morgan fingerprint density at radius 3 is 2.70 bits per heavy atom. The summed E-state index contributed by atoms with van der Waals surface area (Å²) in [7, 11) is 0. The standard InChI is InChI=1S/C18H19NO4/c20-10-14-7-6-13-9-19-16(18(21)22)8-15(13)17(14)23-11-12-4-2-1-3-5-12/h1-7,16,19-20H,8-11H2,(H,21,22)/t16-/m0/s1. The minimum Gasteiger partial charge on any atom is -0.488 e. The fourth-order valence-corrected chi connectivity index (χ4v) is 2.82. The number of fused-ring (bicyclic) bond motifs is 1. The lowest BCUT2D eigenvalue weighted by atomic mass is 9.92. The predicted molar refractivity (Wildman–Crippen MR) is 85.1 cm³/mol. The Morgan fingerprint density at radius 1 is 1.22 bits per heavy atom. The number of carboxylic acids is 1. The summed E-state index contributed by atoms with van der Waals surface area (Å²) in [4.78, 5) is 11.3. The zero-order chi connectivity index (χ0) is 16.2. The predicted octanol–water partition coefficient (Wildman–Crippen LogP) is 1.86. The maximum atomic E-state index is 11.3. The number of hydrogen-bond donors (Lipinski definition) is 3. The van der Waals surface area contributed by atoms with Crippen molar-refractivity contribution in [2.24, 2.45) is 0 Å². The number of carbonyl (C=O) groups is 1. The monoisotopic (exact) mass is 313 g/mol. The van der Waals surface area contributed by atoms with Crippen LogP contribution in [0.3, 0.4) is 0 Å². The fraction of sp³-hybridized carbons (Fsp3) is 0.278. The third kappa shape index (κ3) is 3.36. The van der Waals surface area contributed by atoms with Crippen molar-refractivity contribution in [3.05, 3.63) is 64.7 Å². The molecule has 2 aromatic carbocycles. The van der Waals surface area contributed by atoms with Gasteiger partial charge in [0.05, 0.1) is 6.61 Å². The number of nitrogens with one attached hydrogen (secondary N) is 1. The van der Waals surface area contributed by atoms with Crippen LogP contribution in [0.4, 0.5) is 0 Å². The van der Waals surface area contributed by atoms with Gasteiger partial charge in [-0.3, -0.25) is 4.79 Å². The minimum atomic E-state index is -0.876. The Hall–Kier alpha value is -2.37. The highest BCUT2D eigenvalue weighted by atomic mass is 16.5. The second-order valence-corrected chi connectivity index (χ2v) is 5.60. The van der Waals surface area contributed by atoms with E-state index in [0.29, 0.717) is 30.9 Å². The van der Waals surface area contributed by atoms with Gasteiger partial charge in [0, 0.05) is 24.1 Å². The molecule has 0 radical (unpaired) electrons. The van der Waals surface area contributed by atoms with E-state index in [9.17, 15) is 15.0 Å². The third-order valence-electron chi connectivity index (χ3n) is 4.08. The molecule has 0 fully saturated rings. The molecule has 1 atom stereocenters. The largest absolute Gasteiger partial charge is 0.488 e. The van der Waals surface area contributed by atoms with Crippen LogP contribution in [0.1, 0.15) is 22.3 Å². The summed E-state index contributed by atoms with van der Waals surface area (Å²) in [6, 6.07) is 12.9. The van der Waals surface area contributed by atoms with Gasteiger partial charge in [-0.05, 0) is 11.1 Å². The van der Waals surface area contributed by atoms with E-state index in [1.807, 2.05) is 42.5 Å². The fourth-order valence-electron chi connectivity index (χ4n) is 2.82. The maximum Gasteiger partial charge on any atom is 0.321 e. The van der Waals surface area contributed by atoms with E-state index in [-0.39, 0.29) is 6.61 Å². The van der Waals surface area contributed by atoms with Gasteiger partial charge in [-0.1, -0.05) is 42.5 Å². The van der Waals surface area contributed by atoms with Crippen molar-refractivity contribution in [1.82, 2.24) is 5.32 Å². The number of ether oxygens (including phenoxy) is 1. The van der Waals surface area contributed by atoms with Gasteiger partial charge in [0.1, 0.15) is 18.4 Å². The summed E-state index contributed by atoms with van der Waals surface area (Å²) in [5.41, 5.74) is 3.60. The number of aliphatic hydroxyl groups is 1. The van der Waals surface area contributed by atoms with Gasteiger partial charge in [-0.15, -0.1) is 0 Å². The molecule has 0 amide bonds. The first-order valence-corrected chi connectivity index (χ1v) is 7.56. The van der Waals surface area contributed by atoms with Crippen molar-refractivity contribution in [3.8, 4) is 5.75 Å². The quantitative estimate of drug-likeness (QED) is 0.785. The molecule has 3 rings (SSSR count). The van der Waals surface area contributed by atoms with Crippen LogP contribution in [-0.4, -0.2) is 22.2 Å². The first-order chi connectivity index (χ1) is 11.2. The van der Waals surface area contributed by atoms with E-state index in [2.05, 4.69) is 5.32 Å². The first-order valence-electron chi connectivity index (χ1n) is 7.56. The normalized spacial score (nSPS) is 16.7. The SMILES string of the molecule is O=C(O)[C@@H]1Cc2c(ccc(CO)c2OCc2ccccc2)CN1. The van der Waals surface area contributed by atoms with E-state index in [1.54, 1.807) is 0 Å². The summed E-state index contributed by atoms with van der Waals surface area (Å²) in [6.07, 6.45) is 0.350. The molecular formula is C18H19NO4. The Labute approximate surface area is 134 Å². The average molecular weight is 313 g/mol. The highest BCUT2D eigenvalue weighted by Crippen LogP contribution is 2.32. The molecule has 120 valence electrons. The van der Waals surface area contributed by atoms with Crippen molar-refractivity contribution in [2.45, 2.75) is 32.2 Å². The van der Waals surface area contributed by atoms with Crippen molar-refractivity contribution < 1.29 is 19.7 Å². The summed E-state index contributed by atoms with van der Waals surface area (Å²) in [6.45, 7) is 0.734. The molecule has 5 heteroatoms. The molecule has 5 nitrogen and oxygen atoms in total. The molecule has 0 unspecified atom stereocenters. The molecule has 2 aromatic rings. The third-order valence-corrected chi connectivity index (χ3v) is 4.08. The maximum absolute atomic E-state index is 11.3. The molecule has 23 heavy (non-hydrogen) atoms. The lowest BCUT2D eigenvalue weighted by Gasteiger charge is -2.26. The summed E-state index contributed by atoms with van der Waals surface area (Å²) in [5, 5.41) is 21.8. The minimum absolute atomic E-state index is 0.136. The van der Waals surface area contributed by atoms with Gasteiger partial charge >= 0.3 is 5.97 Å². The van der Waals surface area contributed by atoms with Crippen LogP contribution < -0.4 is 10.1 Å². The van der Waals surface area contributed by atoms with Crippen LogP contribution in [-0.2, 0) is 31.0 Å². The molecule has 3 N–H and O–H groups in total. The molecule has 0 saturated heterocycles. The molecule has 0 aromatic heterocycles. The summed E-state index contributed by atoms with van der Waals surface area (Å²) in [5.74, 6) is -0.263. The lowest BCUT2D eigenvalue weighted by Crippen LogP contribution is -2.41. The number of rotatable bonds is 5. The van der Waals surface area contributed by atoms with Gasteiger partial charge in [0.15, 0.2) is 0 Å². The van der Waals surface area contributed by atoms with Crippen LogP contribution >= 0.6 is 0 Å². The molecule has 0 saturated carbocycles. The molecule has 1 heterocycles. The smallest absolute Gasteiger partial charge is 0.321 e. The van der Waals surface area contributed by atoms with Gasteiger partial charge in [-0.25, -0.2) is 0 Å². The number of aliphatic carboxylic acids is 1. The second-order valence-electron chi connectivity index (χ2n) is 5.60. The second kappa shape index (κ2) is 6.81. The van der Waals surface area contributed by atoms with Crippen molar-refractivity contribution in [1.29, 1.82) is 0 Å². The molecule has 1 aliphatic rings. The van der Waals surface area contributed by atoms with E-state index < -0.39 is 12.0 Å². The van der Waals surface area contributed by atoms with Crippen molar-refractivity contribution in [3.63, 3.8) is 0 Å². The number of carboxylic acid groups (broad SMARTS) is 1. The van der Waals surface area contributed by atoms with Crippen LogP contribution in [0.5, 0.6) is 5.75 Å². The Bertz CT molecular complexity index is 700. The number of hydrogen-bond acceptors (Lipinski definition) is 4. The highest BCUT2D eigenvalue weighted by molar-refractivity contribution is 5.75. The van der Waals surface area contributed by atoms with E-state index >= 15 is 0 Å². The Morgan fingerprint density at radius 2 is 2.00 bits per heavy atom. The van der Waals surface area contributed by atoms with Gasteiger partial charge < -0.3 is 20.3 Å². The molecule has 0 aliphatic carbocycles. The average Bonchev–Trinajstić information content (AvgIpc) is 2.59. The van der Waals surface area contributed by atoms with E-state index in [0.717, 1.165) is 16.7 Å². The highest BCUT2D eigenvalue weighted by Gasteiger charge is 2.27. The molecule has 0 spiro atoms. The Balaban J connectivity index is 1.89. The van der Waals surface area contributed by atoms with Gasteiger partial charge in [0.2, 0.25) is 0 Å².